The number of morpholine rings is 1. The molecule has 0 saturated carbocycles. The molecule has 0 bridgehead atoms. The summed E-state index contributed by atoms with van der Waals surface area (Å²) in [4.78, 5) is 9.16. The van der Waals surface area contributed by atoms with Crippen LogP contribution >= 0.6 is 0 Å². The summed E-state index contributed by atoms with van der Waals surface area (Å²) >= 11 is 0. The molecule has 2 aromatic rings. The van der Waals surface area contributed by atoms with Crippen LogP contribution in [0.15, 0.2) is 53.5 Å². The van der Waals surface area contributed by atoms with E-state index in [0.717, 1.165) is 69.8 Å². The number of aliphatic imine (C=N–C) groups is 1. The first-order chi connectivity index (χ1) is 15.3. The van der Waals surface area contributed by atoms with Gasteiger partial charge in [0.05, 0.1) is 26.0 Å². The molecule has 0 radical (unpaired) electrons. The van der Waals surface area contributed by atoms with Gasteiger partial charge < -0.3 is 29.9 Å². The lowest BCUT2D eigenvalue weighted by molar-refractivity contribution is 0.122. The molecule has 2 saturated heterocycles. The normalized spacial score (nSPS) is 19.4. The first-order valence-electron chi connectivity index (χ1n) is 11.0. The third-order valence-electron chi connectivity index (χ3n) is 5.95. The molecule has 2 fully saturated rings. The van der Waals surface area contributed by atoms with E-state index in [9.17, 15) is 0 Å². The standard InChI is InChI=1S/C24H33N5O2/c1-25-24(26-17-19-7-9-21(10-8-19)28-13-15-31-16-14-28)27-20-11-12-29(18-20)22-5-3-4-6-23(22)30-2/h3-10,20H,11-18H2,1-2H3,(H2,25,26,27). The summed E-state index contributed by atoms with van der Waals surface area (Å²) in [6, 6.07) is 17.3. The van der Waals surface area contributed by atoms with Gasteiger partial charge in [0.2, 0.25) is 0 Å². The Bertz CT molecular complexity index is 865. The molecule has 7 heteroatoms. The van der Waals surface area contributed by atoms with E-state index in [0.29, 0.717) is 6.04 Å². The molecule has 166 valence electrons. The predicted molar refractivity (Wildman–Crippen MR) is 126 cm³/mol. The van der Waals surface area contributed by atoms with Crippen LogP contribution in [0.5, 0.6) is 5.75 Å². The summed E-state index contributed by atoms with van der Waals surface area (Å²) in [5, 5.41) is 7.02. The van der Waals surface area contributed by atoms with Gasteiger partial charge in [-0.2, -0.15) is 0 Å². The molecule has 2 aliphatic heterocycles. The molecule has 1 unspecified atom stereocenters. The summed E-state index contributed by atoms with van der Waals surface area (Å²) in [6.45, 7) is 6.20. The molecule has 0 aromatic heterocycles. The number of methoxy groups -OCH3 is 1. The second kappa shape index (κ2) is 10.4. The van der Waals surface area contributed by atoms with Gasteiger partial charge in [-0.3, -0.25) is 4.99 Å². The predicted octanol–water partition coefficient (Wildman–Crippen LogP) is 2.48. The molecule has 7 nitrogen and oxygen atoms in total. The van der Waals surface area contributed by atoms with Crippen LogP contribution in [-0.4, -0.2) is 65.6 Å². The highest BCUT2D eigenvalue weighted by atomic mass is 16.5. The number of ether oxygens (including phenoxy) is 2. The summed E-state index contributed by atoms with van der Waals surface area (Å²) in [5.41, 5.74) is 3.65. The van der Waals surface area contributed by atoms with Crippen LogP contribution in [0.2, 0.25) is 0 Å². The summed E-state index contributed by atoms with van der Waals surface area (Å²) in [7, 11) is 3.55. The van der Waals surface area contributed by atoms with Gasteiger partial charge in [-0.15, -0.1) is 0 Å². The molecule has 2 heterocycles. The highest BCUT2D eigenvalue weighted by Crippen LogP contribution is 2.30. The average Bonchev–Trinajstić information content (AvgIpc) is 3.31. The first-order valence-corrected chi connectivity index (χ1v) is 11.0. The third-order valence-corrected chi connectivity index (χ3v) is 5.95. The van der Waals surface area contributed by atoms with E-state index in [-0.39, 0.29) is 0 Å². The monoisotopic (exact) mass is 423 g/mol. The minimum absolute atomic E-state index is 0.347. The molecule has 2 aliphatic rings. The van der Waals surface area contributed by atoms with Crippen molar-refractivity contribution in [2.45, 2.75) is 19.0 Å². The summed E-state index contributed by atoms with van der Waals surface area (Å²) in [5.74, 6) is 1.76. The number of para-hydroxylation sites is 2. The number of anilines is 2. The summed E-state index contributed by atoms with van der Waals surface area (Å²) in [6.07, 6.45) is 1.06. The zero-order chi connectivity index (χ0) is 21.5. The number of guanidine groups is 1. The van der Waals surface area contributed by atoms with Crippen molar-refractivity contribution >= 4 is 17.3 Å². The van der Waals surface area contributed by atoms with E-state index in [4.69, 9.17) is 9.47 Å². The largest absolute Gasteiger partial charge is 0.495 e. The maximum Gasteiger partial charge on any atom is 0.191 e. The molecule has 1 atom stereocenters. The minimum Gasteiger partial charge on any atom is -0.495 e. The van der Waals surface area contributed by atoms with Crippen molar-refractivity contribution in [1.82, 2.24) is 10.6 Å². The molecule has 2 N–H and O–H groups in total. The SMILES string of the molecule is CN=C(NCc1ccc(N2CCOCC2)cc1)NC1CCN(c2ccccc2OC)C1. The van der Waals surface area contributed by atoms with E-state index in [2.05, 4.69) is 61.8 Å². The van der Waals surface area contributed by atoms with Crippen molar-refractivity contribution in [3.05, 3.63) is 54.1 Å². The Morgan fingerprint density at radius 3 is 2.58 bits per heavy atom. The Labute approximate surface area is 185 Å². The maximum absolute atomic E-state index is 5.52. The van der Waals surface area contributed by atoms with Crippen LogP contribution < -0.4 is 25.2 Å². The molecule has 0 aliphatic carbocycles. The topological polar surface area (TPSA) is 61.4 Å². The molecule has 2 aromatic carbocycles. The molecular formula is C24H33N5O2. The van der Waals surface area contributed by atoms with E-state index in [1.165, 1.54) is 11.3 Å². The number of nitrogens with zero attached hydrogens (tertiary/aromatic N) is 3. The minimum atomic E-state index is 0.347. The maximum atomic E-state index is 5.52. The van der Waals surface area contributed by atoms with E-state index in [1.54, 1.807) is 7.11 Å². The Morgan fingerprint density at radius 2 is 1.84 bits per heavy atom. The van der Waals surface area contributed by atoms with Crippen molar-refractivity contribution in [3.63, 3.8) is 0 Å². The Kier molecular flexibility index (Phi) is 7.14. The zero-order valence-corrected chi connectivity index (χ0v) is 18.5. The zero-order valence-electron chi connectivity index (χ0n) is 18.5. The summed E-state index contributed by atoms with van der Waals surface area (Å²) < 4.78 is 11.0. The van der Waals surface area contributed by atoms with Crippen molar-refractivity contribution in [2.75, 3.05) is 63.4 Å². The number of nitrogens with one attached hydrogen (secondary N) is 2. The van der Waals surface area contributed by atoms with Crippen LogP contribution in [0.25, 0.3) is 0 Å². The number of rotatable bonds is 6. The second-order valence-corrected chi connectivity index (χ2v) is 7.94. The van der Waals surface area contributed by atoms with Gasteiger partial charge in [-0.1, -0.05) is 24.3 Å². The van der Waals surface area contributed by atoms with Gasteiger partial charge in [0.25, 0.3) is 0 Å². The Hall–Kier alpha value is -2.93. The molecule has 4 rings (SSSR count). The van der Waals surface area contributed by atoms with Crippen LogP contribution in [0.1, 0.15) is 12.0 Å². The van der Waals surface area contributed by atoms with Crippen LogP contribution in [0, 0.1) is 0 Å². The molecule has 0 spiro atoms. The van der Waals surface area contributed by atoms with Gasteiger partial charge in [-0.25, -0.2) is 0 Å². The molecular weight excluding hydrogens is 390 g/mol. The lowest BCUT2D eigenvalue weighted by atomic mass is 10.2. The molecule has 31 heavy (non-hydrogen) atoms. The van der Waals surface area contributed by atoms with Gasteiger partial charge in [0.1, 0.15) is 5.75 Å². The van der Waals surface area contributed by atoms with Gasteiger partial charge in [0.15, 0.2) is 5.96 Å². The van der Waals surface area contributed by atoms with Crippen LogP contribution in [-0.2, 0) is 11.3 Å². The van der Waals surface area contributed by atoms with E-state index in [1.807, 2.05) is 19.2 Å². The smallest absolute Gasteiger partial charge is 0.191 e. The average molecular weight is 424 g/mol. The van der Waals surface area contributed by atoms with Crippen molar-refractivity contribution in [3.8, 4) is 5.75 Å². The van der Waals surface area contributed by atoms with Gasteiger partial charge >= 0.3 is 0 Å². The third kappa shape index (κ3) is 5.41. The second-order valence-electron chi connectivity index (χ2n) is 7.94. The van der Waals surface area contributed by atoms with Crippen molar-refractivity contribution in [1.29, 1.82) is 0 Å². The fraction of sp³-hybridized carbons (Fsp3) is 0.458. The lowest BCUT2D eigenvalue weighted by Crippen LogP contribution is -2.44. The van der Waals surface area contributed by atoms with E-state index >= 15 is 0 Å². The fourth-order valence-corrected chi connectivity index (χ4v) is 4.21. The Balaban J connectivity index is 1.27. The number of hydrogen-bond donors (Lipinski definition) is 2. The van der Waals surface area contributed by atoms with Crippen LogP contribution in [0.4, 0.5) is 11.4 Å². The highest BCUT2D eigenvalue weighted by molar-refractivity contribution is 5.80. The van der Waals surface area contributed by atoms with Gasteiger partial charge in [0, 0.05) is 51.5 Å². The Morgan fingerprint density at radius 1 is 1.06 bits per heavy atom. The lowest BCUT2D eigenvalue weighted by Gasteiger charge is -2.29. The number of hydrogen-bond acceptors (Lipinski definition) is 5. The van der Waals surface area contributed by atoms with Crippen molar-refractivity contribution < 1.29 is 9.47 Å². The van der Waals surface area contributed by atoms with Crippen molar-refractivity contribution in [2.24, 2.45) is 4.99 Å². The van der Waals surface area contributed by atoms with Crippen LogP contribution in [0.3, 0.4) is 0 Å². The first kappa shape index (κ1) is 21.3. The highest BCUT2D eigenvalue weighted by Gasteiger charge is 2.25. The van der Waals surface area contributed by atoms with Gasteiger partial charge in [-0.05, 0) is 36.2 Å². The number of benzene rings is 2. The quantitative estimate of drug-likeness (QED) is 0.550. The fourth-order valence-electron chi connectivity index (χ4n) is 4.21. The van der Waals surface area contributed by atoms with E-state index < -0.39 is 0 Å². The molecule has 0 amide bonds.